The van der Waals surface area contributed by atoms with Crippen LogP contribution in [0.1, 0.15) is 29.9 Å². The minimum Gasteiger partial charge on any atom is -0.349 e. The normalized spacial score (nSPS) is 12.3. The van der Waals surface area contributed by atoms with Crippen molar-refractivity contribution in [1.82, 2.24) is 5.32 Å². The molecule has 0 radical (unpaired) electrons. The van der Waals surface area contributed by atoms with Crippen LogP contribution in [0.2, 0.25) is 0 Å². The van der Waals surface area contributed by atoms with Crippen molar-refractivity contribution in [2.24, 2.45) is 0 Å². The second kappa shape index (κ2) is 5.36. The highest BCUT2D eigenvalue weighted by Gasteiger charge is 2.14. The number of thiophene rings is 1. The number of carbonyl (C=O) groups excluding carboxylic acids is 1. The van der Waals surface area contributed by atoms with E-state index < -0.39 is 4.92 Å². The van der Waals surface area contributed by atoms with Gasteiger partial charge in [0.2, 0.25) is 0 Å². The van der Waals surface area contributed by atoms with Gasteiger partial charge < -0.3 is 5.32 Å². The van der Waals surface area contributed by atoms with Gasteiger partial charge in [-0.15, -0.1) is 11.3 Å². The Morgan fingerprint density at radius 3 is 2.84 bits per heavy atom. The van der Waals surface area contributed by atoms with Gasteiger partial charge in [0, 0.05) is 28.3 Å². The maximum Gasteiger partial charge on any atom is 0.270 e. The van der Waals surface area contributed by atoms with Crippen molar-refractivity contribution in [2.75, 3.05) is 0 Å². The molecule has 1 aromatic carbocycles. The van der Waals surface area contributed by atoms with E-state index in [9.17, 15) is 14.9 Å². The highest BCUT2D eigenvalue weighted by atomic mass is 32.1. The number of hydrogen-bond acceptors (Lipinski definition) is 4. The van der Waals surface area contributed by atoms with E-state index >= 15 is 0 Å². The number of carbonyl (C=O) groups is 1. The van der Waals surface area contributed by atoms with Crippen LogP contribution in [0.3, 0.4) is 0 Å². The van der Waals surface area contributed by atoms with Gasteiger partial charge in [0.25, 0.3) is 11.6 Å². The van der Waals surface area contributed by atoms with Gasteiger partial charge >= 0.3 is 0 Å². The summed E-state index contributed by atoms with van der Waals surface area (Å²) in [6.07, 6.45) is 0.863. The van der Waals surface area contributed by atoms with E-state index in [2.05, 4.69) is 5.32 Å². The second-order valence-corrected chi connectivity index (χ2v) is 5.46. The molecular formula is C13H14N2O3S. The van der Waals surface area contributed by atoms with Crippen molar-refractivity contribution >= 4 is 33.0 Å². The van der Waals surface area contributed by atoms with E-state index in [4.69, 9.17) is 0 Å². The molecule has 1 amide bonds. The Morgan fingerprint density at radius 1 is 1.47 bits per heavy atom. The molecule has 6 heteroatoms. The lowest BCUT2D eigenvalue weighted by Crippen LogP contribution is -2.31. The summed E-state index contributed by atoms with van der Waals surface area (Å²) < 4.78 is 0.875. The number of amides is 1. The Labute approximate surface area is 114 Å². The topological polar surface area (TPSA) is 72.2 Å². The molecule has 2 rings (SSSR count). The molecule has 0 aliphatic rings. The number of nitro groups is 1. The Bertz CT molecular complexity index is 636. The van der Waals surface area contributed by atoms with Crippen molar-refractivity contribution in [1.29, 1.82) is 0 Å². The molecule has 0 bridgehead atoms. The molecule has 1 heterocycles. The maximum atomic E-state index is 12.0. The van der Waals surface area contributed by atoms with E-state index in [1.54, 1.807) is 12.1 Å². The van der Waals surface area contributed by atoms with Crippen LogP contribution < -0.4 is 5.32 Å². The standard InChI is InChI=1S/C13H14N2O3S/c1-3-8(2)14-13(16)12-7-9-6-10(15(17)18)4-5-11(9)19-12/h4-8H,3H2,1-2H3,(H,14,16). The number of fused-ring (bicyclic) bond motifs is 1. The van der Waals surface area contributed by atoms with Gasteiger partial charge in [-0.3, -0.25) is 14.9 Å². The minimum absolute atomic E-state index is 0.0409. The zero-order valence-corrected chi connectivity index (χ0v) is 11.5. The van der Waals surface area contributed by atoms with Gasteiger partial charge in [-0.1, -0.05) is 6.92 Å². The monoisotopic (exact) mass is 278 g/mol. The van der Waals surface area contributed by atoms with Crippen molar-refractivity contribution < 1.29 is 9.72 Å². The van der Waals surface area contributed by atoms with Gasteiger partial charge in [0.15, 0.2) is 0 Å². The molecule has 0 saturated heterocycles. The Hall–Kier alpha value is -1.95. The molecule has 0 fully saturated rings. The molecule has 0 aliphatic carbocycles. The van der Waals surface area contributed by atoms with Crippen LogP contribution in [0, 0.1) is 10.1 Å². The molecule has 5 nitrogen and oxygen atoms in total. The highest BCUT2D eigenvalue weighted by Crippen LogP contribution is 2.28. The van der Waals surface area contributed by atoms with Crippen molar-refractivity contribution in [2.45, 2.75) is 26.3 Å². The molecule has 1 aromatic heterocycles. The fourth-order valence-corrected chi connectivity index (χ4v) is 2.60. The van der Waals surface area contributed by atoms with Crippen LogP contribution in [0.25, 0.3) is 10.1 Å². The number of nitro benzene ring substituents is 1. The van der Waals surface area contributed by atoms with Gasteiger partial charge in [-0.2, -0.15) is 0 Å². The second-order valence-electron chi connectivity index (χ2n) is 4.37. The first kappa shape index (κ1) is 13.5. The summed E-state index contributed by atoms with van der Waals surface area (Å²) in [5, 5.41) is 14.3. The molecule has 1 atom stereocenters. The van der Waals surface area contributed by atoms with E-state index in [1.807, 2.05) is 13.8 Å². The summed E-state index contributed by atoms with van der Waals surface area (Å²) in [4.78, 5) is 22.8. The molecule has 0 aliphatic heterocycles. The van der Waals surface area contributed by atoms with Crippen molar-refractivity contribution in [3.8, 4) is 0 Å². The average Bonchev–Trinajstić information content (AvgIpc) is 2.81. The third-order valence-electron chi connectivity index (χ3n) is 2.92. The summed E-state index contributed by atoms with van der Waals surface area (Å²) in [5.74, 6) is -0.127. The Morgan fingerprint density at radius 2 is 2.21 bits per heavy atom. The molecule has 0 spiro atoms. The fraction of sp³-hybridized carbons (Fsp3) is 0.308. The lowest BCUT2D eigenvalue weighted by atomic mass is 10.2. The van der Waals surface area contributed by atoms with Crippen LogP contribution in [0.4, 0.5) is 5.69 Å². The molecule has 2 aromatic rings. The molecule has 1 unspecified atom stereocenters. The highest BCUT2D eigenvalue weighted by molar-refractivity contribution is 7.20. The largest absolute Gasteiger partial charge is 0.349 e. The molecular weight excluding hydrogens is 264 g/mol. The summed E-state index contributed by atoms with van der Waals surface area (Å²) in [5.41, 5.74) is 0.0409. The van der Waals surface area contributed by atoms with Crippen LogP contribution >= 0.6 is 11.3 Å². The number of rotatable bonds is 4. The third kappa shape index (κ3) is 2.90. The minimum atomic E-state index is -0.435. The molecule has 0 saturated carbocycles. The first-order chi connectivity index (χ1) is 9.01. The first-order valence-corrected chi connectivity index (χ1v) is 6.81. The summed E-state index contributed by atoms with van der Waals surface area (Å²) in [6, 6.07) is 6.44. The van der Waals surface area contributed by atoms with Gasteiger partial charge in [-0.25, -0.2) is 0 Å². The van der Waals surface area contributed by atoms with Gasteiger partial charge in [0.1, 0.15) is 0 Å². The maximum absolute atomic E-state index is 12.0. The van der Waals surface area contributed by atoms with Crippen molar-refractivity contribution in [3.63, 3.8) is 0 Å². The summed E-state index contributed by atoms with van der Waals surface area (Å²) >= 11 is 1.34. The van der Waals surface area contributed by atoms with Crippen molar-refractivity contribution in [3.05, 3.63) is 39.3 Å². The zero-order valence-electron chi connectivity index (χ0n) is 10.7. The van der Waals surface area contributed by atoms with Crippen LogP contribution in [-0.2, 0) is 0 Å². The van der Waals surface area contributed by atoms with Crippen LogP contribution in [0.5, 0.6) is 0 Å². The smallest absolute Gasteiger partial charge is 0.270 e. The van der Waals surface area contributed by atoms with Crippen LogP contribution in [-0.4, -0.2) is 16.9 Å². The molecule has 1 N–H and O–H groups in total. The number of benzene rings is 1. The first-order valence-electron chi connectivity index (χ1n) is 6.00. The number of non-ortho nitro benzene ring substituents is 1. The average molecular weight is 278 g/mol. The molecule has 100 valence electrons. The van der Waals surface area contributed by atoms with Gasteiger partial charge in [0.05, 0.1) is 9.80 Å². The Kier molecular flexibility index (Phi) is 3.80. The third-order valence-corrected chi connectivity index (χ3v) is 4.04. The van der Waals surface area contributed by atoms with E-state index in [-0.39, 0.29) is 17.6 Å². The number of nitrogens with zero attached hydrogens (tertiary/aromatic N) is 1. The quantitative estimate of drug-likeness (QED) is 0.688. The van der Waals surface area contributed by atoms with Gasteiger partial charge in [-0.05, 0) is 25.5 Å². The lowest BCUT2D eigenvalue weighted by molar-refractivity contribution is -0.384. The Balaban J connectivity index is 2.31. The van der Waals surface area contributed by atoms with E-state index in [0.29, 0.717) is 4.88 Å². The van der Waals surface area contributed by atoms with Crippen LogP contribution in [0.15, 0.2) is 24.3 Å². The fourth-order valence-electron chi connectivity index (χ4n) is 1.65. The molecule has 19 heavy (non-hydrogen) atoms. The SMILES string of the molecule is CCC(C)NC(=O)c1cc2cc([N+](=O)[O-])ccc2s1. The lowest BCUT2D eigenvalue weighted by Gasteiger charge is -2.09. The van der Waals surface area contributed by atoms with E-state index in [1.165, 1.54) is 23.5 Å². The summed E-state index contributed by atoms with van der Waals surface area (Å²) in [7, 11) is 0. The number of nitrogens with one attached hydrogen (secondary N) is 1. The summed E-state index contributed by atoms with van der Waals surface area (Å²) in [6.45, 7) is 3.94. The predicted molar refractivity (Wildman–Crippen MR) is 75.7 cm³/mol. The number of hydrogen-bond donors (Lipinski definition) is 1. The van der Waals surface area contributed by atoms with E-state index in [0.717, 1.165) is 16.5 Å². The predicted octanol–water partition coefficient (Wildman–Crippen LogP) is 3.34. The zero-order chi connectivity index (χ0) is 14.0.